The molecule has 0 amide bonds. The van der Waals surface area contributed by atoms with E-state index >= 15 is 0 Å². The van der Waals surface area contributed by atoms with Crippen molar-refractivity contribution < 1.29 is 0 Å². The van der Waals surface area contributed by atoms with Gasteiger partial charge in [-0.05, 0) is 61.8 Å². The van der Waals surface area contributed by atoms with Gasteiger partial charge in [0.1, 0.15) is 0 Å². The van der Waals surface area contributed by atoms with Crippen LogP contribution in [0.3, 0.4) is 0 Å². The summed E-state index contributed by atoms with van der Waals surface area (Å²) in [5, 5.41) is 3.67. The van der Waals surface area contributed by atoms with Gasteiger partial charge in [-0.1, -0.05) is 34.1 Å². The molecule has 1 aliphatic rings. The zero-order valence-electron chi connectivity index (χ0n) is 11.0. The Balaban J connectivity index is 1.64. The van der Waals surface area contributed by atoms with E-state index < -0.39 is 0 Å². The van der Waals surface area contributed by atoms with Gasteiger partial charge in [0.15, 0.2) is 0 Å². The van der Waals surface area contributed by atoms with Crippen LogP contribution >= 0.6 is 27.7 Å². The van der Waals surface area contributed by atoms with Gasteiger partial charge >= 0.3 is 0 Å². The van der Waals surface area contributed by atoms with Crippen molar-refractivity contribution in [3.63, 3.8) is 0 Å². The molecule has 1 saturated carbocycles. The highest BCUT2D eigenvalue weighted by Gasteiger charge is 2.30. The molecule has 0 bridgehead atoms. The van der Waals surface area contributed by atoms with Crippen molar-refractivity contribution in [1.29, 1.82) is 0 Å². The second kappa shape index (κ2) is 7.56. The van der Waals surface area contributed by atoms with Gasteiger partial charge in [-0.25, -0.2) is 0 Å². The van der Waals surface area contributed by atoms with Gasteiger partial charge in [-0.2, -0.15) is 11.8 Å². The van der Waals surface area contributed by atoms with Crippen LogP contribution in [0.5, 0.6) is 0 Å². The zero-order chi connectivity index (χ0) is 12.8. The number of thioether (sulfide) groups is 1. The van der Waals surface area contributed by atoms with Crippen molar-refractivity contribution in [2.45, 2.75) is 37.6 Å². The van der Waals surface area contributed by atoms with Crippen LogP contribution < -0.4 is 5.32 Å². The van der Waals surface area contributed by atoms with E-state index in [-0.39, 0.29) is 0 Å². The van der Waals surface area contributed by atoms with Gasteiger partial charge in [0.2, 0.25) is 0 Å². The minimum Gasteiger partial charge on any atom is -0.314 e. The maximum Gasteiger partial charge on any atom is 0.0210 e. The van der Waals surface area contributed by atoms with E-state index in [1.54, 1.807) is 0 Å². The highest BCUT2D eigenvalue weighted by Crippen LogP contribution is 2.39. The highest BCUT2D eigenvalue weighted by molar-refractivity contribution is 9.10. The topological polar surface area (TPSA) is 12.0 Å². The highest BCUT2D eigenvalue weighted by atomic mass is 79.9. The smallest absolute Gasteiger partial charge is 0.0210 e. The van der Waals surface area contributed by atoms with Crippen LogP contribution in [0.2, 0.25) is 0 Å². The van der Waals surface area contributed by atoms with E-state index in [2.05, 4.69) is 51.8 Å². The molecule has 3 heteroatoms. The number of benzene rings is 1. The summed E-state index contributed by atoms with van der Waals surface area (Å²) < 4.78 is 1.27. The Hall–Kier alpha value is 0.01000. The normalized spacial score (nSPS) is 22.8. The van der Waals surface area contributed by atoms with E-state index in [0.29, 0.717) is 0 Å². The van der Waals surface area contributed by atoms with E-state index in [9.17, 15) is 0 Å². The van der Waals surface area contributed by atoms with E-state index in [1.165, 1.54) is 48.0 Å². The molecule has 1 N–H and O–H groups in total. The average Bonchev–Trinajstić information content (AvgIpc) is 2.33. The summed E-state index contributed by atoms with van der Waals surface area (Å²) in [6, 6.07) is 9.38. The Bertz CT molecular complexity index is 363. The Labute approximate surface area is 123 Å². The first-order chi connectivity index (χ1) is 8.81. The van der Waals surface area contributed by atoms with Crippen LogP contribution in [0.25, 0.3) is 0 Å². The first-order valence-electron chi connectivity index (χ1n) is 6.78. The molecule has 0 atom stereocenters. The molecular formula is C15H22BrNS. The van der Waals surface area contributed by atoms with Crippen molar-refractivity contribution in [2.75, 3.05) is 18.6 Å². The lowest BCUT2D eigenvalue weighted by Crippen LogP contribution is -2.40. The van der Waals surface area contributed by atoms with Gasteiger partial charge < -0.3 is 5.32 Å². The molecular weight excluding hydrogens is 306 g/mol. The molecule has 0 spiro atoms. The summed E-state index contributed by atoms with van der Waals surface area (Å²) in [5.41, 5.74) is 1.48. The quantitative estimate of drug-likeness (QED) is 0.743. The fourth-order valence-corrected chi connectivity index (χ4v) is 3.62. The van der Waals surface area contributed by atoms with Crippen LogP contribution in [0.1, 0.15) is 37.2 Å². The second-order valence-electron chi connectivity index (χ2n) is 5.04. The summed E-state index contributed by atoms with van der Waals surface area (Å²) in [6.07, 6.45) is 7.43. The molecule has 1 aromatic carbocycles. The fraction of sp³-hybridized carbons (Fsp3) is 0.600. The molecule has 0 radical (unpaired) electrons. The third-order valence-electron chi connectivity index (χ3n) is 3.69. The standard InChI is InChI=1S/C15H22BrNS/c1-18-9-5-4-8-17-13-10-12(11-13)14-6-2-3-7-15(14)16/h2-3,6-7,12-13,17H,4-5,8-11H2,1H3. The minimum atomic E-state index is 0.747. The average molecular weight is 328 g/mol. The molecule has 100 valence electrons. The minimum absolute atomic E-state index is 0.747. The van der Waals surface area contributed by atoms with Crippen molar-refractivity contribution in [2.24, 2.45) is 0 Å². The lowest BCUT2D eigenvalue weighted by molar-refractivity contribution is 0.290. The zero-order valence-corrected chi connectivity index (χ0v) is 13.4. The van der Waals surface area contributed by atoms with Gasteiger partial charge in [-0.15, -0.1) is 0 Å². The van der Waals surface area contributed by atoms with Crippen molar-refractivity contribution in [3.8, 4) is 0 Å². The van der Waals surface area contributed by atoms with E-state index in [4.69, 9.17) is 0 Å². The van der Waals surface area contributed by atoms with Crippen LogP contribution in [-0.4, -0.2) is 24.6 Å². The third-order valence-corrected chi connectivity index (χ3v) is 5.11. The number of rotatable bonds is 7. The van der Waals surface area contributed by atoms with Gasteiger partial charge in [0.25, 0.3) is 0 Å². The maximum absolute atomic E-state index is 3.67. The molecule has 0 aromatic heterocycles. The van der Waals surface area contributed by atoms with Gasteiger partial charge in [0, 0.05) is 10.5 Å². The predicted octanol–water partition coefficient (Wildman–Crippen LogP) is 4.43. The molecule has 18 heavy (non-hydrogen) atoms. The van der Waals surface area contributed by atoms with Crippen LogP contribution in [-0.2, 0) is 0 Å². The number of hydrogen-bond acceptors (Lipinski definition) is 2. The number of halogens is 1. The molecule has 0 saturated heterocycles. The molecule has 0 unspecified atom stereocenters. The second-order valence-corrected chi connectivity index (χ2v) is 6.88. The Morgan fingerprint density at radius 2 is 2.06 bits per heavy atom. The van der Waals surface area contributed by atoms with Crippen LogP contribution in [0, 0.1) is 0 Å². The summed E-state index contributed by atoms with van der Waals surface area (Å²) in [6.45, 7) is 1.19. The van der Waals surface area contributed by atoms with Crippen molar-refractivity contribution >= 4 is 27.7 Å². The SMILES string of the molecule is CSCCCCNC1CC(c2ccccc2Br)C1. The van der Waals surface area contributed by atoms with E-state index in [0.717, 1.165) is 12.0 Å². The molecule has 0 heterocycles. The molecule has 2 rings (SSSR count). The third kappa shape index (κ3) is 4.01. The maximum atomic E-state index is 3.67. The van der Waals surface area contributed by atoms with Crippen LogP contribution in [0.15, 0.2) is 28.7 Å². The molecule has 1 nitrogen and oxygen atoms in total. The predicted molar refractivity (Wildman–Crippen MR) is 85.5 cm³/mol. The lowest BCUT2D eigenvalue weighted by Gasteiger charge is -2.37. The molecule has 0 aliphatic heterocycles. The Morgan fingerprint density at radius 1 is 1.28 bits per heavy atom. The lowest BCUT2D eigenvalue weighted by atomic mass is 9.76. The number of hydrogen-bond donors (Lipinski definition) is 1. The molecule has 1 aliphatic carbocycles. The van der Waals surface area contributed by atoms with Crippen molar-refractivity contribution in [1.82, 2.24) is 5.32 Å². The summed E-state index contributed by atoms with van der Waals surface area (Å²) in [5.74, 6) is 2.05. The fourth-order valence-electron chi connectivity index (χ4n) is 2.52. The van der Waals surface area contributed by atoms with Crippen LogP contribution in [0.4, 0.5) is 0 Å². The summed E-state index contributed by atoms with van der Waals surface area (Å²) >= 11 is 5.60. The first-order valence-corrected chi connectivity index (χ1v) is 8.96. The summed E-state index contributed by atoms with van der Waals surface area (Å²) in [7, 11) is 0. The molecule has 1 aromatic rings. The number of unbranched alkanes of at least 4 members (excludes halogenated alkanes) is 1. The first kappa shape index (κ1) is 14.4. The van der Waals surface area contributed by atoms with Crippen molar-refractivity contribution in [3.05, 3.63) is 34.3 Å². The van der Waals surface area contributed by atoms with Gasteiger partial charge in [0.05, 0.1) is 0 Å². The largest absolute Gasteiger partial charge is 0.314 e. The Morgan fingerprint density at radius 3 is 2.78 bits per heavy atom. The molecule has 1 fully saturated rings. The van der Waals surface area contributed by atoms with Gasteiger partial charge in [-0.3, -0.25) is 0 Å². The monoisotopic (exact) mass is 327 g/mol. The Kier molecular flexibility index (Phi) is 6.06. The van der Waals surface area contributed by atoms with E-state index in [1.807, 2.05) is 11.8 Å². The number of nitrogens with one attached hydrogen (secondary N) is 1. The summed E-state index contributed by atoms with van der Waals surface area (Å²) in [4.78, 5) is 0.